The van der Waals surface area contributed by atoms with Crippen molar-refractivity contribution in [3.05, 3.63) is 72.3 Å². The summed E-state index contributed by atoms with van der Waals surface area (Å²) in [4.78, 5) is 13.6. The molecule has 1 aromatic carbocycles. The highest BCUT2D eigenvalue weighted by Crippen LogP contribution is 2.30. The van der Waals surface area contributed by atoms with E-state index < -0.39 is 0 Å². The van der Waals surface area contributed by atoms with E-state index in [2.05, 4.69) is 15.1 Å². The minimum atomic E-state index is 0.275. The molecule has 9 heteroatoms. The number of hydrogen-bond acceptors (Lipinski definition) is 7. The van der Waals surface area contributed by atoms with Crippen LogP contribution in [0, 0.1) is 6.92 Å². The molecule has 0 saturated carbocycles. The molecule has 0 bridgehead atoms. The summed E-state index contributed by atoms with van der Waals surface area (Å²) in [5.74, 6) is 1.63. The van der Waals surface area contributed by atoms with Gasteiger partial charge in [0.2, 0.25) is 11.7 Å². The molecule has 4 aromatic rings. The van der Waals surface area contributed by atoms with E-state index in [1.807, 2.05) is 54.1 Å². The van der Waals surface area contributed by atoms with Crippen LogP contribution < -0.4 is 10.5 Å². The monoisotopic (exact) mass is 401 g/mol. The smallest absolute Gasteiger partial charge is 0.238 e. The van der Waals surface area contributed by atoms with Crippen LogP contribution in [0.4, 0.5) is 5.69 Å². The summed E-state index contributed by atoms with van der Waals surface area (Å²) >= 11 is 0. The number of imidazole rings is 1. The van der Waals surface area contributed by atoms with Gasteiger partial charge in [-0.25, -0.2) is 19.6 Å². The van der Waals surface area contributed by atoms with Crippen molar-refractivity contribution >= 4 is 11.3 Å². The molecular formula is C21H19N7O2. The van der Waals surface area contributed by atoms with E-state index in [0.29, 0.717) is 28.9 Å². The van der Waals surface area contributed by atoms with Crippen LogP contribution in [0.2, 0.25) is 0 Å². The molecule has 30 heavy (non-hydrogen) atoms. The van der Waals surface area contributed by atoms with Crippen LogP contribution in [-0.2, 0) is 11.5 Å². The quantitative estimate of drug-likeness (QED) is 0.524. The number of ether oxygens (including phenoxy) is 2. The Morgan fingerprint density at radius 2 is 2.07 bits per heavy atom. The van der Waals surface area contributed by atoms with Gasteiger partial charge in [0.15, 0.2) is 12.6 Å². The summed E-state index contributed by atoms with van der Waals surface area (Å²) in [6.45, 7) is 2.20. The molecule has 1 aliphatic heterocycles. The number of nitrogens with zero attached hydrogens (tertiary/aromatic N) is 6. The zero-order valence-corrected chi connectivity index (χ0v) is 16.5. The Morgan fingerprint density at radius 1 is 1.17 bits per heavy atom. The van der Waals surface area contributed by atoms with Gasteiger partial charge in [-0.2, -0.15) is 0 Å². The number of hydrogen-bond donors (Lipinski definition) is 1. The minimum absolute atomic E-state index is 0.275. The van der Waals surface area contributed by atoms with E-state index >= 15 is 0 Å². The number of anilines is 1. The summed E-state index contributed by atoms with van der Waals surface area (Å²) in [5.41, 5.74) is 10.6. The van der Waals surface area contributed by atoms with Crippen molar-refractivity contribution in [1.29, 1.82) is 0 Å². The molecule has 4 heterocycles. The van der Waals surface area contributed by atoms with Gasteiger partial charge in [-0.05, 0) is 36.8 Å². The predicted octanol–water partition coefficient (Wildman–Crippen LogP) is 2.80. The molecule has 1 aliphatic rings. The number of nitrogen functional groups attached to an aromatic ring is 1. The van der Waals surface area contributed by atoms with Gasteiger partial charge in [0.25, 0.3) is 0 Å². The minimum Gasteiger partial charge on any atom is -0.479 e. The molecule has 9 nitrogen and oxygen atoms in total. The molecule has 3 aromatic heterocycles. The van der Waals surface area contributed by atoms with Crippen molar-refractivity contribution in [2.24, 2.45) is 0 Å². The summed E-state index contributed by atoms with van der Waals surface area (Å²) in [6.07, 6.45) is 5.32. The molecule has 150 valence electrons. The van der Waals surface area contributed by atoms with Crippen LogP contribution in [0.5, 0.6) is 5.88 Å². The summed E-state index contributed by atoms with van der Waals surface area (Å²) < 4.78 is 14.7. The molecule has 0 saturated heterocycles. The van der Waals surface area contributed by atoms with Crippen LogP contribution >= 0.6 is 0 Å². The van der Waals surface area contributed by atoms with E-state index in [1.165, 1.54) is 0 Å². The van der Waals surface area contributed by atoms with E-state index in [4.69, 9.17) is 20.2 Å². The molecule has 0 fully saturated rings. The second-order valence-corrected chi connectivity index (χ2v) is 6.86. The lowest BCUT2D eigenvalue weighted by atomic mass is 10.1. The Balaban J connectivity index is 1.54. The number of nitrogens with two attached hydrogens (primary N) is 1. The third-order valence-corrected chi connectivity index (χ3v) is 4.76. The van der Waals surface area contributed by atoms with Gasteiger partial charge in [0.05, 0.1) is 31.0 Å². The second kappa shape index (κ2) is 7.03. The summed E-state index contributed by atoms with van der Waals surface area (Å²) in [5, 5.41) is 4.57. The normalized spacial score (nSPS) is 12.8. The number of benzene rings is 1. The summed E-state index contributed by atoms with van der Waals surface area (Å²) in [7, 11) is 1.58. The molecule has 0 unspecified atom stereocenters. The van der Waals surface area contributed by atoms with Gasteiger partial charge in [-0.3, -0.25) is 0 Å². The molecule has 0 atom stereocenters. The topological polar surface area (TPSA) is 106 Å². The number of fused-ring (bicyclic) bond motifs is 1. The van der Waals surface area contributed by atoms with E-state index in [-0.39, 0.29) is 6.73 Å². The molecule has 2 N–H and O–H groups in total. The lowest BCUT2D eigenvalue weighted by Crippen LogP contribution is -2.12. The number of pyridine rings is 1. The van der Waals surface area contributed by atoms with Crippen LogP contribution in [0.25, 0.3) is 22.8 Å². The van der Waals surface area contributed by atoms with Crippen molar-refractivity contribution < 1.29 is 9.47 Å². The van der Waals surface area contributed by atoms with Gasteiger partial charge in [0.1, 0.15) is 11.4 Å². The van der Waals surface area contributed by atoms with Crippen molar-refractivity contribution in [3.63, 3.8) is 0 Å². The Labute approximate surface area is 172 Å². The van der Waals surface area contributed by atoms with Crippen molar-refractivity contribution in [3.8, 4) is 23.1 Å². The van der Waals surface area contributed by atoms with E-state index in [1.54, 1.807) is 24.4 Å². The fourth-order valence-electron chi connectivity index (χ4n) is 3.34. The van der Waals surface area contributed by atoms with Gasteiger partial charge in [0, 0.05) is 11.9 Å². The maximum atomic E-state index is 5.94. The van der Waals surface area contributed by atoms with Gasteiger partial charge in [-0.15, -0.1) is 5.10 Å². The van der Waals surface area contributed by atoms with E-state index in [0.717, 1.165) is 22.5 Å². The fourth-order valence-corrected chi connectivity index (χ4v) is 3.34. The second-order valence-electron chi connectivity index (χ2n) is 6.86. The third kappa shape index (κ3) is 3.06. The first-order chi connectivity index (χ1) is 14.6. The molecule has 0 amide bonds. The molecule has 0 spiro atoms. The summed E-state index contributed by atoms with van der Waals surface area (Å²) in [6, 6.07) is 11.3. The predicted molar refractivity (Wildman–Crippen MR) is 111 cm³/mol. The Morgan fingerprint density at radius 3 is 2.83 bits per heavy atom. The number of rotatable bonds is 4. The Kier molecular flexibility index (Phi) is 4.20. The zero-order chi connectivity index (χ0) is 20.7. The highest BCUT2D eigenvalue weighted by molar-refractivity contribution is 5.78. The first-order valence-electron chi connectivity index (χ1n) is 9.31. The van der Waals surface area contributed by atoms with Crippen LogP contribution in [0.3, 0.4) is 0 Å². The van der Waals surface area contributed by atoms with Crippen molar-refractivity contribution in [2.45, 2.75) is 13.7 Å². The average Bonchev–Trinajstić information content (AvgIpc) is 3.39. The Hall–Kier alpha value is -4.14. The van der Waals surface area contributed by atoms with Crippen LogP contribution in [0.15, 0.2) is 55.2 Å². The third-order valence-electron chi connectivity index (χ3n) is 4.76. The zero-order valence-electron chi connectivity index (χ0n) is 16.5. The molecule has 0 radical (unpaired) electrons. The number of methoxy groups -OCH3 is 1. The van der Waals surface area contributed by atoms with Gasteiger partial charge < -0.3 is 19.8 Å². The lowest BCUT2D eigenvalue weighted by Gasteiger charge is -2.15. The standard InChI is InChI=1S/C21H19N7O2/c1-13-9-27(11-23-13)18-7-6-17(24-21(18)29-2)19-25-20-16(10-30-12-28(20)26-19)14-4-3-5-15(22)8-14/h3-11H,12,22H2,1-2H3. The van der Waals surface area contributed by atoms with E-state index in [9.17, 15) is 0 Å². The Bertz CT molecular complexity index is 1270. The molecular weight excluding hydrogens is 382 g/mol. The number of aryl methyl sites for hydroxylation is 1. The van der Waals surface area contributed by atoms with Crippen LogP contribution in [0.1, 0.15) is 17.1 Å². The molecule has 0 aliphatic carbocycles. The highest BCUT2D eigenvalue weighted by Gasteiger charge is 2.22. The highest BCUT2D eigenvalue weighted by atomic mass is 16.5. The van der Waals surface area contributed by atoms with Gasteiger partial charge >= 0.3 is 0 Å². The van der Waals surface area contributed by atoms with Crippen molar-refractivity contribution in [1.82, 2.24) is 29.3 Å². The maximum absolute atomic E-state index is 5.94. The fraction of sp³-hybridized carbons (Fsp3) is 0.143. The maximum Gasteiger partial charge on any atom is 0.238 e. The number of aromatic nitrogens is 6. The first kappa shape index (κ1) is 17.9. The first-order valence-corrected chi connectivity index (χ1v) is 9.31. The average molecular weight is 401 g/mol. The molecule has 5 rings (SSSR count). The SMILES string of the molecule is COc1nc(-c2nc3n(n2)COC=C3c2cccc(N)c2)ccc1-n1cnc(C)c1. The van der Waals surface area contributed by atoms with Gasteiger partial charge in [-0.1, -0.05) is 12.1 Å². The largest absolute Gasteiger partial charge is 0.479 e. The van der Waals surface area contributed by atoms with Crippen LogP contribution in [-0.4, -0.2) is 36.4 Å². The lowest BCUT2D eigenvalue weighted by molar-refractivity contribution is 0.155. The van der Waals surface area contributed by atoms with Crippen molar-refractivity contribution in [2.75, 3.05) is 12.8 Å².